The van der Waals surface area contributed by atoms with Gasteiger partial charge in [-0.3, -0.25) is 0 Å². The number of pyridine rings is 1. The van der Waals surface area contributed by atoms with Crippen LogP contribution in [-0.4, -0.2) is 28.1 Å². The van der Waals surface area contributed by atoms with E-state index in [9.17, 15) is 4.79 Å². The number of rotatable bonds is 4. The van der Waals surface area contributed by atoms with Gasteiger partial charge in [-0.25, -0.2) is 9.78 Å². The molecule has 0 aliphatic heterocycles. The lowest BCUT2D eigenvalue weighted by molar-refractivity contribution is 0.0696. The van der Waals surface area contributed by atoms with E-state index in [1.54, 1.807) is 6.08 Å². The van der Waals surface area contributed by atoms with Crippen molar-refractivity contribution in [2.45, 2.75) is 26.3 Å². The van der Waals surface area contributed by atoms with E-state index >= 15 is 0 Å². The van der Waals surface area contributed by atoms with Crippen LogP contribution in [0.1, 0.15) is 31.1 Å². The molecule has 5 heteroatoms. The van der Waals surface area contributed by atoms with Crippen LogP contribution in [0.4, 0.5) is 5.82 Å². The van der Waals surface area contributed by atoms with Gasteiger partial charge >= 0.3 is 5.97 Å². The molecule has 18 heavy (non-hydrogen) atoms. The molecule has 1 N–H and O–H groups in total. The van der Waals surface area contributed by atoms with E-state index in [-0.39, 0.29) is 16.3 Å². The zero-order chi connectivity index (χ0) is 13.9. The van der Waals surface area contributed by atoms with E-state index in [0.717, 1.165) is 0 Å². The topological polar surface area (TPSA) is 53.4 Å². The second kappa shape index (κ2) is 5.40. The van der Waals surface area contributed by atoms with Gasteiger partial charge in [0.05, 0.1) is 5.56 Å². The molecule has 0 aliphatic carbocycles. The van der Waals surface area contributed by atoms with Crippen LogP contribution < -0.4 is 4.90 Å². The van der Waals surface area contributed by atoms with Crippen LogP contribution in [0.5, 0.6) is 0 Å². The molecule has 0 radical (unpaired) electrons. The Bertz CT molecular complexity index is 467. The fraction of sp³-hybridized carbons (Fsp3) is 0.385. The number of aromatic nitrogens is 1. The Hall–Kier alpha value is -1.55. The maximum atomic E-state index is 11.0. The highest BCUT2D eigenvalue weighted by atomic mass is 35.5. The molecule has 0 atom stereocenters. The number of carbonyl (C=O) groups is 1. The first kappa shape index (κ1) is 14.5. The summed E-state index contributed by atoms with van der Waals surface area (Å²) in [5, 5.41) is 9.19. The molecule has 4 nitrogen and oxygen atoms in total. The van der Waals surface area contributed by atoms with E-state index in [0.29, 0.717) is 12.4 Å². The van der Waals surface area contributed by atoms with E-state index in [1.165, 1.54) is 12.1 Å². The molecule has 0 saturated carbocycles. The average molecular weight is 269 g/mol. The summed E-state index contributed by atoms with van der Waals surface area (Å²) in [5.41, 5.74) is -0.0786. The third-order valence-electron chi connectivity index (χ3n) is 2.43. The van der Waals surface area contributed by atoms with Gasteiger partial charge in [0, 0.05) is 12.1 Å². The van der Waals surface area contributed by atoms with Crippen molar-refractivity contribution in [2.24, 2.45) is 0 Å². The number of aromatic carboxylic acids is 1. The minimum Gasteiger partial charge on any atom is -0.478 e. The Morgan fingerprint density at radius 2 is 2.17 bits per heavy atom. The second-order valence-electron chi connectivity index (χ2n) is 4.91. The van der Waals surface area contributed by atoms with Crippen LogP contribution in [0, 0.1) is 0 Å². The summed E-state index contributed by atoms with van der Waals surface area (Å²) in [6, 6.07) is 2.85. The normalized spacial score (nSPS) is 11.1. The molecule has 0 spiro atoms. The summed E-state index contributed by atoms with van der Waals surface area (Å²) in [5.74, 6) is -0.486. The van der Waals surface area contributed by atoms with E-state index in [2.05, 4.69) is 11.6 Å². The molecule has 0 fully saturated rings. The first-order chi connectivity index (χ1) is 8.25. The van der Waals surface area contributed by atoms with E-state index in [1.807, 2.05) is 25.7 Å². The van der Waals surface area contributed by atoms with Crippen molar-refractivity contribution in [2.75, 3.05) is 11.4 Å². The van der Waals surface area contributed by atoms with Gasteiger partial charge in [-0.1, -0.05) is 17.7 Å². The van der Waals surface area contributed by atoms with E-state index in [4.69, 9.17) is 16.7 Å². The number of carboxylic acid groups (broad SMARTS) is 1. The lowest BCUT2D eigenvalue weighted by Crippen LogP contribution is -2.42. The quantitative estimate of drug-likeness (QED) is 0.673. The first-order valence-corrected chi connectivity index (χ1v) is 5.93. The molecular formula is C13H17ClN2O2. The van der Waals surface area contributed by atoms with Crippen LogP contribution >= 0.6 is 11.6 Å². The molecule has 1 rings (SSSR count). The Labute approximate surface area is 112 Å². The smallest absolute Gasteiger partial charge is 0.335 e. The zero-order valence-electron chi connectivity index (χ0n) is 10.8. The number of halogens is 1. The maximum absolute atomic E-state index is 11.0. The lowest BCUT2D eigenvalue weighted by atomic mass is 10.1. The molecule has 0 unspecified atom stereocenters. The highest BCUT2D eigenvalue weighted by Crippen LogP contribution is 2.24. The fourth-order valence-electron chi connectivity index (χ4n) is 1.58. The standard InChI is InChI=1S/C13H17ClN2O2/c1-5-6-16(13(2,3)4)11-8-9(12(17)18)7-10(14)15-11/h5,7-8H,1,6H2,2-4H3,(H,17,18). The Morgan fingerprint density at radius 1 is 1.56 bits per heavy atom. The molecule has 0 aliphatic rings. The molecule has 0 aromatic carbocycles. The molecule has 1 aromatic heterocycles. The predicted octanol–water partition coefficient (Wildman–Crippen LogP) is 3.22. The number of nitrogens with zero attached hydrogens (tertiary/aromatic N) is 2. The number of hydrogen-bond acceptors (Lipinski definition) is 3. The Kier molecular flexibility index (Phi) is 4.35. The van der Waals surface area contributed by atoms with Crippen molar-refractivity contribution in [3.05, 3.63) is 35.5 Å². The van der Waals surface area contributed by atoms with Gasteiger partial charge < -0.3 is 10.0 Å². The number of anilines is 1. The average Bonchev–Trinajstić information content (AvgIpc) is 2.23. The van der Waals surface area contributed by atoms with Gasteiger partial charge in [-0.05, 0) is 32.9 Å². The third-order valence-corrected chi connectivity index (χ3v) is 2.62. The first-order valence-electron chi connectivity index (χ1n) is 5.55. The van der Waals surface area contributed by atoms with Crippen LogP contribution in [0.15, 0.2) is 24.8 Å². The van der Waals surface area contributed by atoms with Crippen LogP contribution in [0.3, 0.4) is 0 Å². The van der Waals surface area contributed by atoms with Gasteiger partial charge in [0.25, 0.3) is 0 Å². The van der Waals surface area contributed by atoms with Crippen molar-refractivity contribution < 1.29 is 9.90 Å². The minimum absolute atomic E-state index is 0.128. The third kappa shape index (κ3) is 3.47. The van der Waals surface area contributed by atoms with Crippen molar-refractivity contribution in [1.29, 1.82) is 0 Å². The van der Waals surface area contributed by atoms with E-state index < -0.39 is 5.97 Å². The largest absolute Gasteiger partial charge is 0.478 e. The van der Waals surface area contributed by atoms with Crippen molar-refractivity contribution >= 4 is 23.4 Å². The number of carboxylic acids is 1. The molecule has 0 bridgehead atoms. The SMILES string of the molecule is C=CCN(c1cc(C(=O)O)cc(Cl)n1)C(C)(C)C. The van der Waals surface area contributed by atoms with Gasteiger partial charge in [-0.2, -0.15) is 0 Å². The zero-order valence-corrected chi connectivity index (χ0v) is 11.5. The van der Waals surface area contributed by atoms with Gasteiger partial charge in [0.15, 0.2) is 0 Å². The summed E-state index contributed by atoms with van der Waals surface area (Å²) < 4.78 is 0. The Morgan fingerprint density at radius 3 is 2.61 bits per heavy atom. The van der Waals surface area contributed by atoms with Gasteiger partial charge in [0.1, 0.15) is 11.0 Å². The summed E-state index contributed by atoms with van der Waals surface area (Å²) in [7, 11) is 0. The summed E-state index contributed by atoms with van der Waals surface area (Å²) in [4.78, 5) is 17.1. The molecule has 98 valence electrons. The summed E-state index contributed by atoms with van der Waals surface area (Å²) in [6.45, 7) is 10.3. The highest BCUT2D eigenvalue weighted by Gasteiger charge is 2.23. The fourth-order valence-corrected chi connectivity index (χ4v) is 1.79. The minimum atomic E-state index is -1.02. The van der Waals surface area contributed by atoms with Crippen molar-refractivity contribution in [1.82, 2.24) is 4.98 Å². The van der Waals surface area contributed by atoms with Crippen molar-refractivity contribution in [3.63, 3.8) is 0 Å². The maximum Gasteiger partial charge on any atom is 0.335 e. The highest BCUT2D eigenvalue weighted by molar-refractivity contribution is 6.29. The molecule has 1 heterocycles. The molecular weight excluding hydrogens is 252 g/mol. The van der Waals surface area contributed by atoms with Crippen molar-refractivity contribution in [3.8, 4) is 0 Å². The summed E-state index contributed by atoms with van der Waals surface area (Å²) in [6.07, 6.45) is 1.74. The lowest BCUT2D eigenvalue weighted by Gasteiger charge is -2.36. The van der Waals surface area contributed by atoms with Crippen LogP contribution in [0.2, 0.25) is 5.15 Å². The molecule has 0 saturated heterocycles. The monoisotopic (exact) mass is 268 g/mol. The van der Waals surface area contributed by atoms with Gasteiger partial charge in [-0.15, -0.1) is 6.58 Å². The Balaban J connectivity index is 3.28. The molecule has 0 amide bonds. The van der Waals surface area contributed by atoms with Gasteiger partial charge in [0.2, 0.25) is 0 Å². The predicted molar refractivity (Wildman–Crippen MR) is 73.5 cm³/mol. The summed E-state index contributed by atoms with van der Waals surface area (Å²) >= 11 is 5.86. The second-order valence-corrected chi connectivity index (χ2v) is 5.30. The molecule has 1 aromatic rings. The van der Waals surface area contributed by atoms with Crippen LogP contribution in [0.25, 0.3) is 0 Å². The number of hydrogen-bond donors (Lipinski definition) is 1. The van der Waals surface area contributed by atoms with Crippen LogP contribution in [-0.2, 0) is 0 Å².